The van der Waals surface area contributed by atoms with Crippen molar-refractivity contribution in [2.45, 2.75) is 11.3 Å². The van der Waals surface area contributed by atoms with E-state index in [4.69, 9.17) is 17.3 Å². The van der Waals surface area contributed by atoms with Crippen LogP contribution in [0.3, 0.4) is 0 Å². The number of benzene rings is 1. The van der Waals surface area contributed by atoms with E-state index in [1.54, 1.807) is 12.1 Å². The molecule has 1 fully saturated rings. The van der Waals surface area contributed by atoms with Crippen LogP contribution < -0.4 is 5.73 Å². The van der Waals surface area contributed by atoms with Gasteiger partial charge >= 0.3 is 0 Å². The van der Waals surface area contributed by atoms with Crippen LogP contribution in [0.4, 0.5) is 0 Å². The number of halogens is 2. The van der Waals surface area contributed by atoms with Crippen molar-refractivity contribution < 1.29 is 8.42 Å². The highest BCUT2D eigenvalue weighted by Gasteiger charge is 2.32. The Morgan fingerprint density at radius 3 is 2.78 bits per heavy atom. The van der Waals surface area contributed by atoms with Crippen molar-refractivity contribution >= 4 is 37.6 Å². The third-order valence-electron chi connectivity index (χ3n) is 3.11. The Bertz CT molecular complexity index is 550. The maximum Gasteiger partial charge on any atom is 0.243 e. The Morgan fingerprint density at radius 2 is 2.22 bits per heavy atom. The van der Waals surface area contributed by atoms with Gasteiger partial charge < -0.3 is 5.73 Å². The molecule has 1 aliphatic heterocycles. The van der Waals surface area contributed by atoms with E-state index in [0.29, 0.717) is 29.1 Å². The molecule has 0 saturated carbocycles. The van der Waals surface area contributed by atoms with Gasteiger partial charge in [0.15, 0.2) is 0 Å². The first kappa shape index (κ1) is 14.3. The van der Waals surface area contributed by atoms with Gasteiger partial charge in [0, 0.05) is 17.6 Å². The lowest BCUT2D eigenvalue weighted by atomic mass is 10.1. The molecule has 0 bridgehead atoms. The summed E-state index contributed by atoms with van der Waals surface area (Å²) >= 11 is 9.18. The fourth-order valence-electron chi connectivity index (χ4n) is 1.99. The van der Waals surface area contributed by atoms with Crippen molar-refractivity contribution in [1.29, 1.82) is 0 Å². The van der Waals surface area contributed by atoms with Gasteiger partial charge in [0.25, 0.3) is 0 Å². The maximum atomic E-state index is 12.4. The van der Waals surface area contributed by atoms with E-state index >= 15 is 0 Å². The van der Waals surface area contributed by atoms with E-state index in [9.17, 15) is 8.42 Å². The molecule has 1 aromatic rings. The molecular formula is C11H14BrClN2O2S. The van der Waals surface area contributed by atoms with Crippen LogP contribution in [0.25, 0.3) is 0 Å². The SMILES string of the molecule is NCC1CCN(S(=O)(=O)c2ccc(Br)c(Cl)c2)C1. The van der Waals surface area contributed by atoms with Gasteiger partial charge in [-0.3, -0.25) is 0 Å². The first-order chi connectivity index (χ1) is 8.45. The zero-order chi connectivity index (χ0) is 13.3. The van der Waals surface area contributed by atoms with Crippen LogP contribution in [0, 0.1) is 5.92 Å². The van der Waals surface area contributed by atoms with Crippen LogP contribution >= 0.6 is 27.5 Å². The van der Waals surface area contributed by atoms with Gasteiger partial charge in [-0.05, 0) is 53.0 Å². The molecule has 1 aromatic carbocycles. The molecule has 0 aliphatic carbocycles. The van der Waals surface area contributed by atoms with Crippen LogP contribution in [-0.2, 0) is 10.0 Å². The smallest absolute Gasteiger partial charge is 0.243 e. The Balaban J connectivity index is 2.28. The zero-order valence-corrected chi connectivity index (χ0v) is 12.8. The van der Waals surface area contributed by atoms with Gasteiger partial charge in [-0.1, -0.05) is 11.6 Å². The first-order valence-corrected chi connectivity index (χ1v) is 8.21. The summed E-state index contributed by atoms with van der Waals surface area (Å²) < 4.78 is 26.9. The van der Waals surface area contributed by atoms with E-state index in [1.807, 2.05) is 0 Å². The number of sulfonamides is 1. The third kappa shape index (κ3) is 2.72. The molecule has 1 unspecified atom stereocenters. The lowest BCUT2D eigenvalue weighted by Crippen LogP contribution is -2.30. The average Bonchev–Trinajstić information content (AvgIpc) is 2.81. The summed E-state index contributed by atoms with van der Waals surface area (Å²) in [5, 5.41) is 0.394. The zero-order valence-electron chi connectivity index (χ0n) is 9.64. The molecule has 1 atom stereocenters. The van der Waals surface area contributed by atoms with Crippen molar-refractivity contribution in [3.63, 3.8) is 0 Å². The maximum absolute atomic E-state index is 12.4. The normalized spacial score (nSPS) is 21.4. The molecule has 0 radical (unpaired) electrons. The molecule has 0 amide bonds. The Hall–Kier alpha value is -0.140. The summed E-state index contributed by atoms with van der Waals surface area (Å²) in [4.78, 5) is 0.230. The molecule has 1 aliphatic rings. The van der Waals surface area contributed by atoms with Crippen LogP contribution in [0.5, 0.6) is 0 Å². The number of hydrogen-bond acceptors (Lipinski definition) is 3. The summed E-state index contributed by atoms with van der Waals surface area (Å²) in [5.41, 5.74) is 5.57. The second kappa shape index (κ2) is 5.46. The largest absolute Gasteiger partial charge is 0.330 e. The van der Waals surface area contributed by atoms with Gasteiger partial charge in [-0.25, -0.2) is 8.42 Å². The van der Waals surface area contributed by atoms with E-state index in [-0.39, 0.29) is 10.8 Å². The van der Waals surface area contributed by atoms with Gasteiger partial charge in [-0.15, -0.1) is 0 Å². The van der Waals surface area contributed by atoms with Crippen molar-refractivity contribution in [2.24, 2.45) is 11.7 Å². The van der Waals surface area contributed by atoms with Gasteiger partial charge in [0.05, 0.1) is 9.92 Å². The Morgan fingerprint density at radius 1 is 1.50 bits per heavy atom. The highest BCUT2D eigenvalue weighted by Crippen LogP contribution is 2.29. The fourth-order valence-corrected chi connectivity index (χ4v) is 4.04. The highest BCUT2D eigenvalue weighted by atomic mass is 79.9. The molecule has 0 spiro atoms. The Labute approximate surface area is 120 Å². The van der Waals surface area contributed by atoms with E-state index < -0.39 is 10.0 Å². The van der Waals surface area contributed by atoms with Gasteiger partial charge in [-0.2, -0.15) is 4.31 Å². The van der Waals surface area contributed by atoms with Crippen molar-refractivity contribution in [3.8, 4) is 0 Å². The molecular weight excluding hydrogens is 340 g/mol. The van der Waals surface area contributed by atoms with Crippen LogP contribution in [0.1, 0.15) is 6.42 Å². The molecule has 100 valence electrons. The standard InChI is InChI=1S/C11H14BrClN2O2S/c12-10-2-1-9(5-11(10)13)18(16,17)15-4-3-8(6-14)7-15/h1-2,5,8H,3-4,6-7,14H2. The second-order valence-electron chi connectivity index (χ2n) is 4.33. The van der Waals surface area contributed by atoms with Crippen LogP contribution in [0.2, 0.25) is 5.02 Å². The molecule has 7 heteroatoms. The predicted octanol–water partition coefficient (Wildman–Crippen LogP) is 2.07. The number of nitrogens with zero attached hydrogens (tertiary/aromatic N) is 1. The van der Waals surface area contributed by atoms with Crippen LogP contribution in [0.15, 0.2) is 27.6 Å². The van der Waals surface area contributed by atoms with Gasteiger partial charge in [0.2, 0.25) is 10.0 Å². The fraction of sp³-hybridized carbons (Fsp3) is 0.455. The van der Waals surface area contributed by atoms with E-state index in [1.165, 1.54) is 10.4 Å². The summed E-state index contributed by atoms with van der Waals surface area (Å²) in [5.74, 6) is 0.255. The topological polar surface area (TPSA) is 63.4 Å². The molecule has 0 aromatic heterocycles. The minimum atomic E-state index is -3.45. The minimum absolute atomic E-state index is 0.230. The van der Waals surface area contributed by atoms with Crippen molar-refractivity contribution in [3.05, 3.63) is 27.7 Å². The average molecular weight is 354 g/mol. The lowest BCUT2D eigenvalue weighted by molar-refractivity contribution is 0.459. The molecule has 1 saturated heterocycles. The quantitative estimate of drug-likeness (QED) is 0.905. The Kier molecular flexibility index (Phi) is 4.33. The minimum Gasteiger partial charge on any atom is -0.330 e. The summed E-state index contributed by atoms with van der Waals surface area (Å²) in [6.45, 7) is 1.54. The van der Waals surface area contributed by atoms with Crippen LogP contribution in [-0.4, -0.2) is 32.4 Å². The van der Waals surface area contributed by atoms with E-state index in [0.717, 1.165) is 6.42 Å². The number of rotatable bonds is 3. The number of nitrogens with two attached hydrogens (primary N) is 1. The van der Waals surface area contributed by atoms with E-state index in [2.05, 4.69) is 15.9 Å². The molecule has 18 heavy (non-hydrogen) atoms. The highest BCUT2D eigenvalue weighted by molar-refractivity contribution is 9.10. The monoisotopic (exact) mass is 352 g/mol. The van der Waals surface area contributed by atoms with Crippen molar-refractivity contribution in [1.82, 2.24) is 4.31 Å². The number of hydrogen-bond donors (Lipinski definition) is 1. The predicted molar refractivity (Wildman–Crippen MR) is 75.1 cm³/mol. The second-order valence-corrected chi connectivity index (χ2v) is 7.53. The molecule has 4 nitrogen and oxygen atoms in total. The van der Waals surface area contributed by atoms with Gasteiger partial charge in [0.1, 0.15) is 0 Å². The van der Waals surface area contributed by atoms with Crippen molar-refractivity contribution in [2.75, 3.05) is 19.6 Å². The lowest BCUT2D eigenvalue weighted by Gasteiger charge is -2.16. The summed E-state index contributed by atoms with van der Waals surface area (Å²) in [7, 11) is -3.45. The molecule has 1 heterocycles. The molecule has 2 N–H and O–H groups in total. The first-order valence-electron chi connectivity index (χ1n) is 5.60. The summed E-state index contributed by atoms with van der Waals surface area (Å²) in [6, 6.07) is 4.67. The molecule has 2 rings (SSSR count). The third-order valence-corrected chi connectivity index (χ3v) is 6.20. The summed E-state index contributed by atoms with van der Waals surface area (Å²) in [6.07, 6.45) is 0.819.